The third kappa shape index (κ3) is 3.96. The Balaban J connectivity index is 2.18. The molecule has 0 saturated heterocycles. The van der Waals surface area contributed by atoms with Gasteiger partial charge in [-0.05, 0) is 38.1 Å². The molecule has 0 aliphatic carbocycles. The molecule has 2 aromatic carbocycles. The molecule has 2 rings (SSSR count). The van der Waals surface area contributed by atoms with Gasteiger partial charge in [-0.15, -0.1) is 0 Å². The van der Waals surface area contributed by atoms with Gasteiger partial charge in [-0.2, -0.15) is 0 Å². The van der Waals surface area contributed by atoms with Crippen molar-refractivity contribution in [3.63, 3.8) is 0 Å². The summed E-state index contributed by atoms with van der Waals surface area (Å²) in [6.45, 7) is 2.38. The third-order valence-electron chi connectivity index (χ3n) is 3.52. The number of amides is 2. The minimum Gasteiger partial charge on any atom is -0.323 e. The highest BCUT2D eigenvalue weighted by atomic mass is 19.1. The maximum Gasteiger partial charge on any atom is 0.239 e. The lowest BCUT2D eigenvalue weighted by Crippen LogP contribution is -2.42. The van der Waals surface area contributed by atoms with E-state index in [2.05, 4.69) is 5.32 Å². The molecule has 8 heteroatoms. The van der Waals surface area contributed by atoms with Crippen LogP contribution in [-0.2, 0) is 9.59 Å². The Kier molecular flexibility index (Phi) is 5.10. The minimum absolute atomic E-state index is 0.329. The van der Waals surface area contributed by atoms with E-state index in [0.717, 1.165) is 30.3 Å². The van der Waals surface area contributed by atoms with Crippen molar-refractivity contribution >= 4 is 23.2 Å². The van der Waals surface area contributed by atoms with Crippen LogP contribution < -0.4 is 10.6 Å². The van der Waals surface area contributed by atoms with Crippen molar-refractivity contribution in [1.82, 2.24) is 0 Å². The van der Waals surface area contributed by atoms with Crippen molar-refractivity contribution in [2.75, 3.05) is 10.6 Å². The zero-order valence-corrected chi connectivity index (χ0v) is 13.3. The van der Waals surface area contributed by atoms with Crippen molar-refractivity contribution in [3.05, 3.63) is 59.7 Å². The first-order valence-corrected chi connectivity index (χ1v) is 7.15. The van der Waals surface area contributed by atoms with Crippen molar-refractivity contribution in [2.24, 2.45) is 5.41 Å². The molecule has 0 aliphatic rings. The molecule has 0 bridgehead atoms. The number of carbonyl (C=O) groups is 2. The molecule has 4 nitrogen and oxygen atoms in total. The summed E-state index contributed by atoms with van der Waals surface area (Å²) in [4.78, 5) is 24.5. The van der Waals surface area contributed by atoms with Crippen molar-refractivity contribution in [2.45, 2.75) is 13.8 Å². The van der Waals surface area contributed by atoms with Gasteiger partial charge in [0, 0.05) is 6.07 Å². The highest BCUT2D eigenvalue weighted by Crippen LogP contribution is 2.25. The number of benzene rings is 2. The average molecular weight is 354 g/mol. The van der Waals surface area contributed by atoms with Gasteiger partial charge < -0.3 is 10.6 Å². The van der Waals surface area contributed by atoms with Gasteiger partial charge in [-0.1, -0.05) is 6.07 Å². The van der Waals surface area contributed by atoms with Gasteiger partial charge >= 0.3 is 0 Å². The van der Waals surface area contributed by atoms with Crippen LogP contribution in [0.15, 0.2) is 36.4 Å². The summed E-state index contributed by atoms with van der Waals surface area (Å²) in [7, 11) is 0. The number of halogens is 4. The molecule has 0 unspecified atom stereocenters. The van der Waals surface area contributed by atoms with Crippen LogP contribution in [0.3, 0.4) is 0 Å². The zero-order chi connectivity index (χ0) is 18.8. The molecule has 132 valence electrons. The summed E-state index contributed by atoms with van der Waals surface area (Å²) >= 11 is 0. The summed E-state index contributed by atoms with van der Waals surface area (Å²) < 4.78 is 53.7. The van der Waals surface area contributed by atoms with Crippen molar-refractivity contribution in [3.8, 4) is 0 Å². The summed E-state index contributed by atoms with van der Waals surface area (Å²) in [6.07, 6.45) is 0. The quantitative estimate of drug-likeness (QED) is 0.647. The Hall–Kier alpha value is -2.90. The smallest absolute Gasteiger partial charge is 0.239 e. The predicted molar refractivity (Wildman–Crippen MR) is 83.8 cm³/mol. The maximum atomic E-state index is 13.6. The molecule has 0 saturated carbocycles. The van der Waals surface area contributed by atoms with E-state index in [0.29, 0.717) is 6.07 Å². The Labute approximate surface area is 140 Å². The standard InChI is InChI=1S/C17H14F4N2O2/c1-17(2,15(24)22-13-7-6-9(18)8-12(13)21)16(25)23-14-10(19)4-3-5-11(14)20/h3-8H,1-2H3,(H,22,24)(H,23,25). The molecular weight excluding hydrogens is 340 g/mol. The van der Waals surface area contributed by atoms with Gasteiger partial charge in [-0.3, -0.25) is 9.59 Å². The Morgan fingerprint density at radius 3 is 1.96 bits per heavy atom. The fourth-order valence-electron chi connectivity index (χ4n) is 1.86. The minimum atomic E-state index is -1.80. The van der Waals surface area contributed by atoms with Crippen LogP contribution in [0.5, 0.6) is 0 Å². The molecule has 0 heterocycles. The number of carbonyl (C=O) groups excluding carboxylic acids is 2. The molecule has 2 N–H and O–H groups in total. The van der Waals surface area contributed by atoms with Crippen LogP contribution in [0, 0.1) is 28.7 Å². The lowest BCUT2D eigenvalue weighted by molar-refractivity contribution is -0.135. The van der Waals surface area contributed by atoms with Crippen LogP contribution in [0.2, 0.25) is 0 Å². The lowest BCUT2D eigenvalue weighted by Gasteiger charge is -2.23. The second-order valence-electron chi connectivity index (χ2n) is 5.75. The second-order valence-corrected chi connectivity index (χ2v) is 5.75. The van der Waals surface area contributed by atoms with Gasteiger partial charge in [0.05, 0.1) is 5.69 Å². The monoisotopic (exact) mass is 354 g/mol. The molecular formula is C17H14F4N2O2. The van der Waals surface area contributed by atoms with Crippen LogP contribution in [-0.4, -0.2) is 11.8 Å². The molecule has 0 radical (unpaired) electrons. The number of rotatable bonds is 4. The average Bonchev–Trinajstić information content (AvgIpc) is 2.53. The SMILES string of the molecule is CC(C)(C(=O)Nc1ccc(F)cc1F)C(=O)Nc1c(F)cccc1F. The summed E-state index contributed by atoms with van der Waals surface area (Å²) in [5.41, 5.74) is -2.82. The largest absolute Gasteiger partial charge is 0.323 e. The molecule has 0 atom stereocenters. The number of para-hydroxylation sites is 1. The summed E-state index contributed by atoms with van der Waals surface area (Å²) in [5, 5.41) is 4.15. The van der Waals surface area contributed by atoms with Crippen molar-refractivity contribution in [1.29, 1.82) is 0 Å². The molecule has 2 amide bonds. The topological polar surface area (TPSA) is 58.2 Å². The molecule has 0 spiro atoms. The highest BCUT2D eigenvalue weighted by Gasteiger charge is 2.37. The first-order chi connectivity index (χ1) is 11.6. The highest BCUT2D eigenvalue weighted by molar-refractivity contribution is 6.14. The summed E-state index contributed by atoms with van der Waals surface area (Å²) in [5.74, 6) is -5.81. The fourth-order valence-corrected chi connectivity index (χ4v) is 1.86. The van der Waals surface area contributed by atoms with E-state index in [1.54, 1.807) is 0 Å². The maximum absolute atomic E-state index is 13.6. The zero-order valence-electron chi connectivity index (χ0n) is 13.3. The van der Waals surface area contributed by atoms with Crippen LogP contribution in [0.25, 0.3) is 0 Å². The van der Waals surface area contributed by atoms with Gasteiger partial charge in [0.25, 0.3) is 0 Å². The van der Waals surface area contributed by atoms with E-state index in [9.17, 15) is 27.2 Å². The number of hydrogen-bond donors (Lipinski definition) is 2. The molecule has 0 aliphatic heterocycles. The van der Waals surface area contributed by atoms with E-state index >= 15 is 0 Å². The van der Waals surface area contributed by atoms with Crippen LogP contribution in [0.1, 0.15) is 13.8 Å². The predicted octanol–water partition coefficient (Wildman–Crippen LogP) is 3.85. The van der Waals surface area contributed by atoms with Gasteiger partial charge in [0.15, 0.2) is 0 Å². The van der Waals surface area contributed by atoms with E-state index in [1.807, 2.05) is 5.32 Å². The molecule has 2 aromatic rings. The normalized spacial score (nSPS) is 11.1. The summed E-state index contributed by atoms with van der Waals surface area (Å²) in [6, 6.07) is 5.50. The number of nitrogens with one attached hydrogen (secondary N) is 2. The van der Waals surface area contributed by atoms with E-state index in [1.165, 1.54) is 13.8 Å². The number of hydrogen-bond acceptors (Lipinski definition) is 2. The van der Waals surface area contributed by atoms with Gasteiger partial charge in [0.2, 0.25) is 11.8 Å². The Bertz CT molecular complexity index is 817. The van der Waals surface area contributed by atoms with Crippen LogP contribution >= 0.6 is 0 Å². The fraction of sp³-hybridized carbons (Fsp3) is 0.176. The van der Waals surface area contributed by atoms with Gasteiger partial charge in [0.1, 0.15) is 34.4 Å². The second kappa shape index (κ2) is 6.92. The van der Waals surface area contributed by atoms with E-state index < -0.39 is 46.2 Å². The third-order valence-corrected chi connectivity index (χ3v) is 3.52. The molecule has 25 heavy (non-hydrogen) atoms. The number of anilines is 2. The van der Waals surface area contributed by atoms with Crippen LogP contribution in [0.4, 0.5) is 28.9 Å². The lowest BCUT2D eigenvalue weighted by atomic mass is 9.90. The molecule has 0 fully saturated rings. The van der Waals surface area contributed by atoms with Gasteiger partial charge in [-0.25, -0.2) is 17.6 Å². The van der Waals surface area contributed by atoms with E-state index in [4.69, 9.17) is 0 Å². The van der Waals surface area contributed by atoms with Crippen molar-refractivity contribution < 1.29 is 27.2 Å². The van der Waals surface area contributed by atoms with E-state index in [-0.39, 0.29) is 5.69 Å². The first-order valence-electron chi connectivity index (χ1n) is 7.15. The first kappa shape index (κ1) is 18.4. The Morgan fingerprint density at radius 1 is 0.840 bits per heavy atom. The molecule has 0 aromatic heterocycles. The Morgan fingerprint density at radius 2 is 1.40 bits per heavy atom.